The van der Waals surface area contributed by atoms with Crippen molar-refractivity contribution in [3.05, 3.63) is 28.2 Å². The molecule has 1 atom stereocenters. The van der Waals surface area contributed by atoms with Gasteiger partial charge >= 0.3 is 5.97 Å². The average Bonchev–Trinajstić information content (AvgIpc) is 2.80. The zero-order valence-electron chi connectivity index (χ0n) is 9.64. The van der Waals surface area contributed by atoms with Gasteiger partial charge in [-0.15, -0.1) is 0 Å². The number of benzene rings is 1. The van der Waals surface area contributed by atoms with Crippen LogP contribution in [0.1, 0.15) is 16.8 Å². The summed E-state index contributed by atoms with van der Waals surface area (Å²) in [6.07, 6.45) is 0.340. The van der Waals surface area contributed by atoms with Gasteiger partial charge in [0.25, 0.3) is 9.05 Å². The lowest BCUT2D eigenvalue weighted by molar-refractivity contribution is 0.0269. The molecule has 1 aliphatic heterocycles. The van der Waals surface area contributed by atoms with E-state index in [4.69, 9.17) is 20.2 Å². The predicted molar refractivity (Wildman–Crippen MR) is 71.8 cm³/mol. The van der Waals surface area contributed by atoms with Gasteiger partial charge in [-0.05, 0) is 34.1 Å². The summed E-state index contributed by atoms with van der Waals surface area (Å²) >= 11 is 3.18. The molecule has 1 unspecified atom stereocenters. The van der Waals surface area contributed by atoms with Crippen LogP contribution < -0.4 is 0 Å². The first-order valence-corrected chi connectivity index (χ1v) is 8.51. The molecule has 1 aliphatic rings. The Bertz CT molecular complexity index is 595. The molecule has 1 aromatic carbocycles. The van der Waals surface area contributed by atoms with Crippen molar-refractivity contribution in [1.29, 1.82) is 0 Å². The molecule has 19 heavy (non-hydrogen) atoms. The van der Waals surface area contributed by atoms with E-state index in [1.165, 1.54) is 18.2 Å². The van der Waals surface area contributed by atoms with Crippen molar-refractivity contribution in [3.63, 3.8) is 0 Å². The normalized spacial score (nSPS) is 19.4. The molecule has 2 rings (SSSR count). The smallest absolute Gasteiger partial charge is 0.339 e. The first kappa shape index (κ1) is 14.8. The number of carbonyl (C=O) groups is 1. The van der Waals surface area contributed by atoms with E-state index in [0.717, 1.165) is 0 Å². The summed E-state index contributed by atoms with van der Waals surface area (Å²) in [5.74, 6) is -0.607. The van der Waals surface area contributed by atoms with E-state index in [1.54, 1.807) is 0 Å². The first-order chi connectivity index (χ1) is 8.88. The van der Waals surface area contributed by atoms with Crippen molar-refractivity contribution in [2.24, 2.45) is 0 Å². The van der Waals surface area contributed by atoms with E-state index in [2.05, 4.69) is 15.9 Å². The molecule has 0 saturated carbocycles. The highest BCUT2D eigenvalue weighted by Gasteiger charge is 2.23. The van der Waals surface area contributed by atoms with Crippen LogP contribution in [-0.2, 0) is 18.5 Å². The molecule has 1 heterocycles. The minimum Gasteiger partial charge on any atom is -0.456 e. The van der Waals surface area contributed by atoms with E-state index >= 15 is 0 Å². The maximum Gasteiger partial charge on any atom is 0.339 e. The lowest BCUT2D eigenvalue weighted by atomic mass is 10.2. The third kappa shape index (κ3) is 3.68. The van der Waals surface area contributed by atoms with Gasteiger partial charge in [0.2, 0.25) is 0 Å². The van der Waals surface area contributed by atoms with Crippen molar-refractivity contribution >= 4 is 41.6 Å². The number of ether oxygens (including phenoxy) is 2. The Morgan fingerprint density at radius 3 is 2.79 bits per heavy atom. The molecule has 0 amide bonds. The topological polar surface area (TPSA) is 69.7 Å². The van der Waals surface area contributed by atoms with Gasteiger partial charge in [0.15, 0.2) is 0 Å². The summed E-state index contributed by atoms with van der Waals surface area (Å²) in [5.41, 5.74) is 0.119. The lowest BCUT2D eigenvalue weighted by Gasteiger charge is -2.11. The fraction of sp³-hybridized carbons (Fsp3) is 0.364. The van der Waals surface area contributed by atoms with Gasteiger partial charge in [-0.3, -0.25) is 0 Å². The van der Waals surface area contributed by atoms with Crippen LogP contribution in [0.5, 0.6) is 0 Å². The maximum absolute atomic E-state index is 12.0. The van der Waals surface area contributed by atoms with Crippen LogP contribution in [0.15, 0.2) is 27.6 Å². The van der Waals surface area contributed by atoms with Gasteiger partial charge in [0.05, 0.1) is 23.7 Å². The van der Waals surface area contributed by atoms with Crippen LogP contribution in [-0.4, -0.2) is 33.7 Å². The molecule has 1 aromatic rings. The van der Waals surface area contributed by atoms with E-state index in [0.29, 0.717) is 24.1 Å². The molecule has 8 heteroatoms. The Hall–Kier alpha value is -0.630. The van der Waals surface area contributed by atoms with Crippen LogP contribution in [0.3, 0.4) is 0 Å². The largest absolute Gasteiger partial charge is 0.456 e. The SMILES string of the molecule is O=C(OC1CCOC1)c1cc(S(=O)(=O)Cl)ccc1Br. The zero-order chi connectivity index (χ0) is 14.0. The maximum atomic E-state index is 12.0. The molecule has 0 aromatic heterocycles. The number of carbonyl (C=O) groups excluding carboxylic acids is 1. The molecule has 0 spiro atoms. The summed E-state index contributed by atoms with van der Waals surface area (Å²) in [6, 6.07) is 3.93. The second-order valence-corrected chi connectivity index (χ2v) is 7.39. The number of hydrogen-bond acceptors (Lipinski definition) is 5. The van der Waals surface area contributed by atoms with Crippen molar-refractivity contribution in [2.45, 2.75) is 17.4 Å². The quantitative estimate of drug-likeness (QED) is 0.604. The fourth-order valence-electron chi connectivity index (χ4n) is 1.63. The second kappa shape index (κ2) is 5.78. The van der Waals surface area contributed by atoms with Crippen LogP contribution in [0.2, 0.25) is 0 Å². The molecular formula is C11H10BrClO5S. The van der Waals surface area contributed by atoms with Crippen LogP contribution in [0.4, 0.5) is 0 Å². The molecule has 5 nitrogen and oxygen atoms in total. The molecule has 1 saturated heterocycles. The van der Waals surface area contributed by atoms with E-state index in [-0.39, 0.29) is 16.6 Å². The van der Waals surface area contributed by atoms with Crippen molar-refractivity contribution in [3.8, 4) is 0 Å². The third-order valence-electron chi connectivity index (χ3n) is 2.60. The minimum atomic E-state index is -3.88. The van der Waals surface area contributed by atoms with Gasteiger partial charge in [0, 0.05) is 21.6 Å². The Balaban J connectivity index is 2.25. The van der Waals surface area contributed by atoms with E-state index < -0.39 is 15.0 Å². The van der Waals surface area contributed by atoms with Gasteiger partial charge in [-0.2, -0.15) is 0 Å². The molecule has 0 N–H and O–H groups in total. The van der Waals surface area contributed by atoms with Gasteiger partial charge in [0.1, 0.15) is 6.10 Å². The fourth-order valence-corrected chi connectivity index (χ4v) is 2.82. The van der Waals surface area contributed by atoms with Crippen molar-refractivity contribution in [1.82, 2.24) is 0 Å². The number of esters is 1. The third-order valence-corrected chi connectivity index (χ3v) is 4.64. The predicted octanol–water partition coefficient (Wildman–Crippen LogP) is 2.32. The van der Waals surface area contributed by atoms with Crippen molar-refractivity contribution in [2.75, 3.05) is 13.2 Å². The highest BCUT2D eigenvalue weighted by Crippen LogP contribution is 2.24. The molecule has 104 valence electrons. The van der Waals surface area contributed by atoms with Crippen molar-refractivity contribution < 1.29 is 22.7 Å². The highest BCUT2D eigenvalue weighted by molar-refractivity contribution is 9.10. The summed E-state index contributed by atoms with van der Waals surface area (Å²) < 4.78 is 33.2. The summed E-state index contributed by atoms with van der Waals surface area (Å²) in [7, 11) is 1.36. The number of rotatable bonds is 3. The molecule has 1 fully saturated rings. The standard InChI is InChI=1S/C11H10BrClO5S/c12-10-2-1-8(19(13,15)16)5-9(10)11(14)18-7-3-4-17-6-7/h1-2,5,7H,3-4,6H2. The van der Waals surface area contributed by atoms with E-state index in [1.807, 2.05) is 0 Å². The highest BCUT2D eigenvalue weighted by atomic mass is 79.9. The molecular weight excluding hydrogens is 360 g/mol. The number of hydrogen-bond donors (Lipinski definition) is 0. The van der Waals surface area contributed by atoms with Gasteiger partial charge in [-0.1, -0.05) is 0 Å². The molecule has 0 bridgehead atoms. The van der Waals surface area contributed by atoms with Crippen LogP contribution in [0.25, 0.3) is 0 Å². The molecule has 0 radical (unpaired) electrons. The average molecular weight is 370 g/mol. The Labute approximate surface area is 123 Å². The monoisotopic (exact) mass is 368 g/mol. The summed E-state index contributed by atoms with van der Waals surface area (Å²) in [6.45, 7) is 0.909. The van der Waals surface area contributed by atoms with E-state index in [9.17, 15) is 13.2 Å². The second-order valence-electron chi connectivity index (χ2n) is 3.97. The Morgan fingerprint density at radius 1 is 1.47 bits per heavy atom. The number of halogens is 2. The Morgan fingerprint density at radius 2 is 2.21 bits per heavy atom. The first-order valence-electron chi connectivity index (χ1n) is 5.41. The zero-order valence-corrected chi connectivity index (χ0v) is 12.8. The summed E-state index contributed by atoms with van der Waals surface area (Å²) in [4.78, 5) is 11.8. The lowest BCUT2D eigenvalue weighted by Crippen LogP contribution is -2.18. The minimum absolute atomic E-state index is 0.119. The Kier molecular flexibility index (Phi) is 4.50. The molecule has 0 aliphatic carbocycles. The van der Waals surface area contributed by atoms with Crippen LogP contribution >= 0.6 is 26.6 Å². The van der Waals surface area contributed by atoms with Gasteiger partial charge in [-0.25, -0.2) is 13.2 Å². The van der Waals surface area contributed by atoms with Crippen LogP contribution in [0, 0.1) is 0 Å². The van der Waals surface area contributed by atoms with Gasteiger partial charge < -0.3 is 9.47 Å². The summed E-state index contributed by atoms with van der Waals surface area (Å²) in [5, 5.41) is 0.